The van der Waals surface area contributed by atoms with Crippen molar-refractivity contribution < 1.29 is 13.9 Å². The third-order valence-electron chi connectivity index (χ3n) is 3.75. The molecule has 2 aromatic heterocycles. The van der Waals surface area contributed by atoms with Gasteiger partial charge in [-0.15, -0.1) is 0 Å². The number of benzene rings is 1. The number of ether oxygens (including phenoxy) is 1. The van der Waals surface area contributed by atoms with Crippen molar-refractivity contribution in [3.8, 4) is 0 Å². The Morgan fingerprint density at radius 2 is 2.05 bits per heavy atom. The average molecular weight is 285 g/mol. The van der Waals surface area contributed by atoms with Crippen LogP contribution in [0.1, 0.15) is 23.0 Å². The summed E-state index contributed by atoms with van der Waals surface area (Å²) in [5.41, 5.74) is 1.80. The summed E-state index contributed by atoms with van der Waals surface area (Å²) in [6, 6.07) is 7.32. The Morgan fingerprint density at radius 1 is 1.33 bits per heavy atom. The molecule has 0 spiro atoms. The maximum atomic E-state index is 12.3. The molecule has 5 heteroatoms. The van der Waals surface area contributed by atoms with E-state index < -0.39 is 11.6 Å². The molecule has 0 unspecified atom stereocenters. The molecule has 0 aliphatic heterocycles. The van der Waals surface area contributed by atoms with E-state index in [9.17, 15) is 9.59 Å². The van der Waals surface area contributed by atoms with Crippen LogP contribution in [-0.2, 0) is 11.3 Å². The molecule has 0 aliphatic rings. The number of nitrogens with zero attached hydrogens (tertiary/aromatic N) is 1. The topological polar surface area (TPSA) is 61.4 Å². The van der Waals surface area contributed by atoms with Gasteiger partial charge in [0.2, 0.25) is 0 Å². The van der Waals surface area contributed by atoms with Crippen LogP contribution < -0.4 is 5.63 Å². The van der Waals surface area contributed by atoms with Crippen LogP contribution in [-0.4, -0.2) is 17.6 Å². The van der Waals surface area contributed by atoms with Crippen molar-refractivity contribution in [1.29, 1.82) is 0 Å². The molecule has 0 radical (unpaired) electrons. The lowest BCUT2D eigenvalue weighted by molar-refractivity contribution is 0.0588. The third-order valence-corrected chi connectivity index (χ3v) is 3.75. The molecule has 0 saturated carbocycles. The van der Waals surface area contributed by atoms with Crippen LogP contribution in [0.3, 0.4) is 0 Å². The molecule has 21 heavy (non-hydrogen) atoms. The number of aryl methyl sites for hydroxylation is 2. The maximum Gasteiger partial charge on any atom is 0.354 e. The largest absolute Gasteiger partial charge is 0.464 e. The Kier molecular flexibility index (Phi) is 3.05. The van der Waals surface area contributed by atoms with Crippen LogP contribution in [0.25, 0.3) is 21.9 Å². The van der Waals surface area contributed by atoms with Gasteiger partial charge in [0.1, 0.15) is 11.3 Å². The summed E-state index contributed by atoms with van der Waals surface area (Å²) in [6.07, 6.45) is 0. The minimum Gasteiger partial charge on any atom is -0.464 e. The number of hydrogen-bond donors (Lipinski definition) is 0. The van der Waals surface area contributed by atoms with Gasteiger partial charge in [-0.05, 0) is 31.5 Å². The first-order valence-electron chi connectivity index (χ1n) is 6.73. The van der Waals surface area contributed by atoms with E-state index in [0.717, 1.165) is 10.9 Å². The Hall–Kier alpha value is -2.56. The summed E-state index contributed by atoms with van der Waals surface area (Å²) >= 11 is 0. The third kappa shape index (κ3) is 1.77. The number of carbonyl (C=O) groups is 1. The van der Waals surface area contributed by atoms with Crippen LogP contribution in [0, 0.1) is 6.92 Å². The Morgan fingerprint density at radius 3 is 2.71 bits per heavy atom. The maximum absolute atomic E-state index is 12.3. The fourth-order valence-corrected chi connectivity index (χ4v) is 2.85. The molecule has 3 rings (SSSR count). The van der Waals surface area contributed by atoms with Gasteiger partial charge in [0.25, 0.3) is 0 Å². The molecule has 2 heterocycles. The minimum atomic E-state index is -0.450. The molecule has 108 valence electrons. The van der Waals surface area contributed by atoms with Crippen molar-refractivity contribution in [2.24, 2.45) is 0 Å². The lowest BCUT2D eigenvalue weighted by atomic mass is 10.1. The van der Waals surface area contributed by atoms with Crippen LogP contribution in [0.2, 0.25) is 0 Å². The van der Waals surface area contributed by atoms with Gasteiger partial charge in [0, 0.05) is 11.9 Å². The Bertz CT molecular complexity index is 917. The standard InChI is InChI=1S/C16H15NO4/c1-4-17-13(16(19)20-3)9(2)12-14(17)10-7-5-6-8-11(10)21-15(12)18/h5-8H,4H2,1-3H3. The second kappa shape index (κ2) is 4.77. The SMILES string of the molecule is CCn1c(C(=O)OC)c(C)c2c(=O)oc3ccccc3c21. The predicted octanol–water partition coefficient (Wildman–Crippen LogP) is 2.86. The first-order valence-corrected chi connectivity index (χ1v) is 6.73. The van der Waals surface area contributed by atoms with Gasteiger partial charge in [-0.2, -0.15) is 0 Å². The highest BCUT2D eigenvalue weighted by Gasteiger charge is 2.24. The van der Waals surface area contributed by atoms with Crippen LogP contribution in [0.4, 0.5) is 0 Å². The zero-order valence-corrected chi connectivity index (χ0v) is 12.1. The van der Waals surface area contributed by atoms with Crippen LogP contribution in [0.15, 0.2) is 33.5 Å². The molecule has 0 bridgehead atoms. The number of fused-ring (bicyclic) bond motifs is 3. The van der Waals surface area contributed by atoms with E-state index in [2.05, 4.69) is 0 Å². The van der Waals surface area contributed by atoms with E-state index in [4.69, 9.17) is 9.15 Å². The van der Waals surface area contributed by atoms with Gasteiger partial charge >= 0.3 is 11.6 Å². The van der Waals surface area contributed by atoms with Crippen LogP contribution >= 0.6 is 0 Å². The highest BCUT2D eigenvalue weighted by atomic mass is 16.5. The van der Waals surface area contributed by atoms with E-state index in [1.165, 1.54) is 7.11 Å². The average Bonchev–Trinajstić information content (AvgIpc) is 2.80. The first-order chi connectivity index (χ1) is 10.1. The summed E-state index contributed by atoms with van der Waals surface area (Å²) in [7, 11) is 1.33. The van der Waals surface area contributed by atoms with Crippen molar-refractivity contribution in [3.05, 3.63) is 45.9 Å². The number of hydrogen-bond acceptors (Lipinski definition) is 4. The van der Waals surface area contributed by atoms with Gasteiger partial charge in [0.15, 0.2) is 0 Å². The first kappa shape index (κ1) is 13.4. The predicted molar refractivity (Wildman–Crippen MR) is 79.7 cm³/mol. The lowest BCUT2D eigenvalue weighted by Crippen LogP contribution is -2.11. The quantitative estimate of drug-likeness (QED) is 0.536. The highest BCUT2D eigenvalue weighted by Crippen LogP contribution is 2.29. The van der Waals surface area contributed by atoms with Crippen molar-refractivity contribution in [2.75, 3.05) is 7.11 Å². The van der Waals surface area contributed by atoms with Crippen molar-refractivity contribution in [1.82, 2.24) is 4.57 Å². The molecule has 0 N–H and O–H groups in total. The van der Waals surface area contributed by atoms with Gasteiger partial charge in [0.05, 0.1) is 18.0 Å². The van der Waals surface area contributed by atoms with E-state index >= 15 is 0 Å². The summed E-state index contributed by atoms with van der Waals surface area (Å²) in [6.45, 7) is 4.23. The number of aromatic nitrogens is 1. The smallest absolute Gasteiger partial charge is 0.354 e. The molecule has 5 nitrogen and oxygen atoms in total. The molecule has 3 aromatic rings. The zero-order valence-electron chi connectivity index (χ0n) is 12.1. The minimum absolute atomic E-state index is 0.402. The molecule has 0 fully saturated rings. The van der Waals surface area contributed by atoms with Gasteiger partial charge < -0.3 is 13.7 Å². The number of rotatable bonds is 2. The second-order valence-electron chi connectivity index (χ2n) is 4.82. The number of carbonyl (C=O) groups excluding carboxylic acids is 1. The highest BCUT2D eigenvalue weighted by molar-refractivity contribution is 6.08. The van der Waals surface area contributed by atoms with Crippen molar-refractivity contribution in [3.63, 3.8) is 0 Å². The summed E-state index contributed by atoms with van der Waals surface area (Å²) in [4.78, 5) is 24.3. The van der Waals surface area contributed by atoms with Gasteiger partial charge in [-0.3, -0.25) is 0 Å². The number of esters is 1. The molecule has 0 saturated heterocycles. The molecule has 0 atom stereocenters. The van der Waals surface area contributed by atoms with Gasteiger partial charge in [-0.1, -0.05) is 12.1 Å². The zero-order chi connectivity index (χ0) is 15.1. The molecular weight excluding hydrogens is 270 g/mol. The van der Waals surface area contributed by atoms with Crippen molar-refractivity contribution >= 4 is 27.8 Å². The fraction of sp³-hybridized carbons (Fsp3) is 0.250. The number of methoxy groups -OCH3 is 1. The van der Waals surface area contributed by atoms with E-state index in [-0.39, 0.29) is 0 Å². The normalized spacial score (nSPS) is 11.2. The molecule has 1 aromatic carbocycles. The molecule has 0 amide bonds. The van der Waals surface area contributed by atoms with E-state index in [1.807, 2.05) is 29.7 Å². The second-order valence-corrected chi connectivity index (χ2v) is 4.82. The van der Waals surface area contributed by atoms with Gasteiger partial charge in [-0.25, -0.2) is 9.59 Å². The van der Waals surface area contributed by atoms with Crippen LogP contribution in [0.5, 0.6) is 0 Å². The summed E-state index contributed by atoms with van der Waals surface area (Å²) in [5.74, 6) is -0.450. The summed E-state index contributed by atoms with van der Waals surface area (Å²) < 4.78 is 12.0. The lowest BCUT2D eigenvalue weighted by Gasteiger charge is -2.07. The monoisotopic (exact) mass is 285 g/mol. The van der Waals surface area contributed by atoms with E-state index in [0.29, 0.717) is 28.8 Å². The Labute approximate surface area is 120 Å². The Balaban J connectivity index is 2.62. The summed E-state index contributed by atoms with van der Waals surface area (Å²) in [5, 5.41) is 1.25. The molecule has 0 aliphatic carbocycles. The fourth-order valence-electron chi connectivity index (χ4n) is 2.85. The molecular formula is C16H15NO4. The van der Waals surface area contributed by atoms with Crippen molar-refractivity contribution in [2.45, 2.75) is 20.4 Å². The van der Waals surface area contributed by atoms with E-state index in [1.54, 1.807) is 13.0 Å². The number of para-hydroxylation sites is 1.